The molecule has 0 radical (unpaired) electrons. The van der Waals surface area contributed by atoms with Crippen LogP contribution in [0.3, 0.4) is 0 Å². The average molecular weight is 209 g/mol. The summed E-state index contributed by atoms with van der Waals surface area (Å²) >= 11 is 0. The molecule has 1 aromatic heterocycles. The van der Waals surface area contributed by atoms with Gasteiger partial charge in [0, 0.05) is 6.20 Å². The first kappa shape index (κ1) is 11.5. The SMILES string of the molecule is COC(=O)c1c(OC)ccnc1C(C)C. The molecule has 0 aliphatic carbocycles. The molecule has 0 aliphatic heterocycles. The monoisotopic (exact) mass is 209 g/mol. The van der Waals surface area contributed by atoms with E-state index >= 15 is 0 Å². The normalized spacial score (nSPS) is 10.2. The number of hydrogen-bond donors (Lipinski definition) is 0. The minimum absolute atomic E-state index is 0.147. The third-order valence-corrected chi connectivity index (χ3v) is 2.10. The van der Waals surface area contributed by atoms with Gasteiger partial charge < -0.3 is 9.47 Å². The van der Waals surface area contributed by atoms with Gasteiger partial charge in [-0.25, -0.2) is 4.79 Å². The first-order valence-electron chi connectivity index (χ1n) is 4.73. The molecule has 1 aromatic rings. The van der Waals surface area contributed by atoms with Crippen molar-refractivity contribution >= 4 is 5.97 Å². The number of aromatic nitrogens is 1. The summed E-state index contributed by atoms with van der Waals surface area (Å²) in [5.74, 6) is 0.235. The van der Waals surface area contributed by atoms with Crippen LogP contribution in [-0.2, 0) is 4.74 Å². The van der Waals surface area contributed by atoms with Gasteiger partial charge in [0.1, 0.15) is 11.3 Å². The van der Waals surface area contributed by atoms with Gasteiger partial charge in [-0.3, -0.25) is 4.98 Å². The van der Waals surface area contributed by atoms with E-state index in [0.717, 1.165) is 0 Å². The number of carbonyl (C=O) groups is 1. The Balaban J connectivity index is 3.33. The molecule has 0 fully saturated rings. The minimum atomic E-state index is -0.413. The summed E-state index contributed by atoms with van der Waals surface area (Å²) < 4.78 is 9.83. The molecule has 4 nitrogen and oxygen atoms in total. The standard InChI is InChI=1S/C11H15NO3/c1-7(2)10-9(11(13)15-4)8(14-3)5-6-12-10/h5-7H,1-4H3. The smallest absolute Gasteiger partial charge is 0.343 e. The van der Waals surface area contributed by atoms with Crippen LogP contribution in [0.1, 0.15) is 35.8 Å². The van der Waals surface area contributed by atoms with Crippen LogP contribution in [0.5, 0.6) is 5.75 Å². The Morgan fingerprint density at radius 3 is 2.53 bits per heavy atom. The zero-order chi connectivity index (χ0) is 11.4. The lowest BCUT2D eigenvalue weighted by molar-refractivity contribution is 0.0594. The number of pyridine rings is 1. The van der Waals surface area contributed by atoms with E-state index in [1.165, 1.54) is 14.2 Å². The van der Waals surface area contributed by atoms with E-state index in [4.69, 9.17) is 9.47 Å². The number of carbonyl (C=O) groups excluding carboxylic acids is 1. The number of ether oxygens (including phenoxy) is 2. The Bertz CT molecular complexity index is 361. The van der Waals surface area contributed by atoms with Crippen molar-refractivity contribution in [2.75, 3.05) is 14.2 Å². The number of esters is 1. The van der Waals surface area contributed by atoms with Crippen LogP contribution in [0, 0.1) is 0 Å². The Morgan fingerprint density at radius 2 is 2.07 bits per heavy atom. The molecular formula is C11H15NO3. The van der Waals surface area contributed by atoms with Crippen molar-refractivity contribution in [3.63, 3.8) is 0 Å². The van der Waals surface area contributed by atoms with Gasteiger partial charge in [-0.15, -0.1) is 0 Å². The molecule has 0 saturated heterocycles. The van der Waals surface area contributed by atoms with Crippen molar-refractivity contribution < 1.29 is 14.3 Å². The molecular weight excluding hydrogens is 194 g/mol. The number of methoxy groups -OCH3 is 2. The quantitative estimate of drug-likeness (QED) is 0.714. The second kappa shape index (κ2) is 4.77. The molecule has 0 spiro atoms. The zero-order valence-corrected chi connectivity index (χ0v) is 9.40. The van der Waals surface area contributed by atoms with Crippen LogP contribution in [0.15, 0.2) is 12.3 Å². The zero-order valence-electron chi connectivity index (χ0n) is 9.40. The Morgan fingerprint density at radius 1 is 1.40 bits per heavy atom. The van der Waals surface area contributed by atoms with Crippen molar-refractivity contribution in [2.24, 2.45) is 0 Å². The molecule has 1 heterocycles. The van der Waals surface area contributed by atoms with Gasteiger partial charge in [-0.2, -0.15) is 0 Å². The number of rotatable bonds is 3. The third kappa shape index (κ3) is 2.26. The van der Waals surface area contributed by atoms with Gasteiger partial charge in [0.05, 0.1) is 19.9 Å². The molecule has 0 aromatic carbocycles. The summed E-state index contributed by atoms with van der Waals surface area (Å²) in [6.07, 6.45) is 1.63. The van der Waals surface area contributed by atoms with Gasteiger partial charge in [0.15, 0.2) is 0 Å². The van der Waals surface area contributed by atoms with E-state index in [2.05, 4.69) is 4.98 Å². The van der Waals surface area contributed by atoms with Gasteiger partial charge in [-0.05, 0) is 12.0 Å². The second-order valence-corrected chi connectivity index (χ2v) is 3.42. The van der Waals surface area contributed by atoms with E-state index in [9.17, 15) is 4.79 Å². The van der Waals surface area contributed by atoms with E-state index < -0.39 is 5.97 Å². The molecule has 0 saturated carbocycles. The average Bonchev–Trinajstić information content (AvgIpc) is 2.26. The highest BCUT2D eigenvalue weighted by Crippen LogP contribution is 2.26. The van der Waals surface area contributed by atoms with Crippen LogP contribution in [0.2, 0.25) is 0 Å². The first-order chi connectivity index (χ1) is 7.11. The molecule has 0 N–H and O–H groups in total. The lowest BCUT2D eigenvalue weighted by Gasteiger charge is -2.13. The highest BCUT2D eigenvalue weighted by atomic mass is 16.5. The summed E-state index contributed by atoms with van der Waals surface area (Å²) in [7, 11) is 2.87. The maximum Gasteiger partial charge on any atom is 0.343 e. The van der Waals surface area contributed by atoms with Crippen LogP contribution in [0.4, 0.5) is 0 Å². The molecule has 0 bridgehead atoms. The fraction of sp³-hybridized carbons (Fsp3) is 0.455. The Kier molecular flexibility index (Phi) is 3.66. The maximum absolute atomic E-state index is 11.6. The van der Waals surface area contributed by atoms with Gasteiger partial charge in [0.25, 0.3) is 0 Å². The van der Waals surface area contributed by atoms with Crippen molar-refractivity contribution in [3.05, 3.63) is 23.5 Å². The summed E-state index contributed by atoms with van der Waals surface area (Å²) in [5, 5.41) is 0. The second-order valence-electron chi connectivity index (χ2n) is 3.42. The lowest BCUT2D eigenvalue weighted by Crippen LogP contribution is -2.10. The molecule has 0 unspecified atom stereocenters. The fourth-order valence-electron chi connectivity index (χ4n) is 1.37. The number of nitrogens with zero attached hydrogens (tertiary/aromatic N) is 1. The van der Waals surface area contributed by atoms with E-state index in [1.807, 2.05) is 13.8 Å². The van der Waals surface area contributed by atoms with Crippen LogP contribution < -0.4 is 4.74 Å². The van der Waals surface area contributed by atoms with E-state index in [1.54, 1.807) is 12.3 Å². The first-order valence-corrected chi connectivity index (χ1v) is 4.73. The summed E-state index contributed by atoms with van der Waals surface area (Å²) in [6.45, 7) is 3.93. The molecule has 1 rings (SSSR count). The molecule has 82 valence electrons. The summed E-state index contributed by atoms with van der Waals surface area (Å²) in [6, 6.07) is 1.65. The predicted molar refractivity (Wildman–Crippen MR) is 56.2 cm³/mol. The lowest BCUT2D eigenvalue weighted by atomic mass is 10.0. The highest BCUT2D eigenvalue weighted by Gasteiger charge is 2.20. The predicted octanol–water partition coefficient (Wildman–Crippen LogP) is 2.00. The topological polar surface area (TPSA) is 48.4 Å². The fourth-order valence-corrected chi connectivity index (χ4v) is 1.37. The van der Waals surface area contributed by atoms with E-state index in [-0.39, 0.29) is 5.92 Å². The van der Waals surface area contributed by atoms with Crippen molar-refractivity contribution in [1.29, 1.82) is 0 Å². The number of hydrogen-bond acceptors (Lipinski definition) is 4. The Hall–Kier alpha value is -1.58. The maximum atomic E-state index is 11.6. The van der Waals surface area contributed by atoms with Crippen LogP contribution >= 0.6 is 0 Å². The molecule has 15 heavy (non-hydrogen) atoms. The largest absolute Gasteiger partial charge is 0.496 e. The molecule has 0 aliphatic rings. The van der Waals surface area contributed by atoms with Gasteiger partial charge in [0.2, 0.25) is 0 Å². The van der Waals surface area contributed by atoms with E-state index in [0.29, 0.717) is 17.0 Å². The van der Waals surface area contributed by atoms with Crippen molar-refractivity contribution in [2.45, 2.75) is 19.8 Å². The Labute approximate surface area is 89.2 Å². The van der Waals surface area contributed by atoms with Gasteiger partial charge >= 0.3 is 5.97 Å². The molecule has 4 heteroatoms. The third-order valence-electron chi connectivity index (χ3n) is 2.10. The molecule has 0 amide bonds. The van der Waals surface area contributed by atoms with Crippen LogP contribution in [-0.4, -0.2) is 25.2 Å². The van der Waals surface area contributed by atoms with Gasteiger partial charge in [-0.1, -0.05) is 13.8 Å². The van der Waals surface area contributed by atoms with Crippen LogP contribution in [0.25, 0.3) is 0 Å². The molecule has 0 atom stereocenters. The summed E-state index contributed by atoms with van der Waals surface area (Å²) in [5.41, 5.74) is 1.11. The highest BCUT2D eigenvalue weighted by molar-refractivity contribution is 5.93. The minimum Gasteiger partial charge on any atom is -0.496 e. The summed E-state index contributed by atoms with van der Waals surface area (Å²) in [4.78, 5) is 15.8. The van der Waals surface area contributed by atoms with Crippen molar-refractivity contribution in [1.82, 2.24) is 4.98 Å². The van der Waals surface area contributed by atoms with Crippen molar-refractivity contribution in [3.8, 4) is 5.75 Å².